The standard InChI is InChI=1S/C19H19N3O3S/c1-13-8-4-6-10-15(13)22-18(14-9-5-7-11-16(14)24-2)20-21-19(22)26-12-17(23)25-3/h4-11H,12H2,1-3H3. The van der Waals surface area contributed by atoms with Gasteiger partial charge in [0.2, 0.25) is 0 Å². The molecule has 7 heteroatoms. The van der Waals surface area contributed by atoms with Gasteiger partial charge in [-0.25, -0.2) is 0 Å². The van der Waals surface area contributed by atoms with Crippen LogP contribution < -0.4 is 4.74 Å². The van der Waals surface area contributed by atoms with Gasteiger partial charge in [-0.15, -0.1) is 10.2 Å². The van der Waals surface area contributed by atoms with E-state index >= 15 is 0 Å². The first kappa shape index (κ1) is 18.0. The number of esters is 1. The van der Waals surface area contributed by atoms with Crippen LogP contribution in [0.3, 0.4) is 0 Å². The molecule has 0 bridgehead atoms. The molecule has 0 spiro atoms. The molecule has 0 radical (unpaired) electrons. The summed E-state index contributed by atoms with van der Waals surface area (Å²) in [6.07, 6.45) is 0. The van der Waals surface area contributed by atoms with Crippen LogP contribution in [0.2, 0.25) is 0 Å². The normalized spacial score (nSPS) is 10.6. The Hall–Kier alpha value is -2.80. The van der Waals surface area contributed by atoms with Gasteiger partial charge in [-0.05, 0) is 30.7 Å². The predicted octanol–water partition coefficient (Wildman–Crippen LogP) is 3.52. The van der Waals surface area contributed by atoms with Gasteiger partial charge in [0.25, 0.3) is 0 Å². The zero-order chi connectivity index (χ0) is 18.5. The Morgan fingerprint density at radius 3 is 2.54 bits per heavy atom. The predicted molar refractivity (Wildman–Crippen MR) is 101 cm³/mol. The van der Waals surface area contributed by atoms with Crippen LogP contribution in [-0.4, -0.2) is 40.7 Å². The number of nitrogens with zero attached hydrogens (tertiary/aromatic N) is 3. The number of aryl methyl sites for hydroxylation is 1. The van der Waals surface area contributed by atoms with E-state index in [0.717, 1.165) is 16.8 Å². The number of thioether (sulfide) groups is 1. The Morgan fingerprint density at radius 2 is 1.81 bits per heavy atom. The fraction of sp³-hybridized carbons (Fsp3) is 0.211. The lowest BCUT2D eigenvalue weighted by Crippen LogP contribution is -2.06. The molecule has 0 unspecified atom stereocenters. The quantitative estimate of drug-likeness (QED) is 0.489. The molecule has 0 amide bonds. The molecule has 0 saturated carbocycles. The molecule has 0 saturated heterocycles. The Kier molecular flexibility index (Phi) is 5.58. The lowest BCUT2D eigenvalue weighted by atomic mass is 10.1. The van der Waals surface area contributed by atoms with E-state index in [0.29, 0.717) is 16.7 Å². The molecule has 0 fully saturated rings. The Morgan fingerprint density at radius 1 is 1.08 bits per heavy atom. The summed E-state index contributed by atoms with van der Waals surface area (Å²) in [5.74, 6) is 1.21. The van der Waals surface area contributed by atoms with E-state index in [1.54, 1.807) is 7.11 Å². The Bertz CT molecular complexity index is 924. The van der Waals surface area contributed by atoms with Crippen molar-refractivity contribution in [1.29, 1.82) is 0 Å². The van der Waals surface area contributed by atoms with Gasteiger partial charge in [-0.1, -0.05) is 42.1 Å². The van der Waals surface area contributed by atoms with Gasteiger partial charge in [0, 0.05) is 0 Å². The second-order valence-electron chi connectivity index (χ2n) is 5.49. The van der Waals surface area contributed by atoms with E-state index in [1.165, 1.54) is 18.9 Å². The third kappa shape index (κ3) is 3.57. The molecule has 0 N–H and O–H groups in total. The van der Waals surface area contributed by atoms with Crippen molar-refractivity contribution in [2.24, 2.45) is 0 Å². The molecule has 26 heavy (non-hydrogen) atoms. The summed E-state index contributed by atoms with van der Waals surface area (Å²) in [5, 5.41) is 9.30. The van der Waals surface area contributed by atoms with E-state index in [4.69, 9.17) is 9.47 Å². The first-order valence-electron chi connectivity index (χ1n) is 8.00. The molecular formula is C19H19N3O3S. The van der Waals surface area contributed by atoms with Crippen molar-refractivity contribution in [2.45, 2.75) is 12.1 Å². The SMILES string of the molecule is COC(=O)CSc1nnc(-c2ccccc2OC)n1-c1ccccc1C. The highest BCUT2D eigenvalue weighted by molar-refractivity contribution is 7.99. The number of hydrogen-bond acceptors (Lipinski definition) is 6. The van der Waals surface area contributed by atoms with E-state index in [-0.39, 0.29) is 11.7 Å². The van der Waals surface area contributed by atoms with E-state index < -0.39 is 0 Å². The van der Waals surface area contributed by atoms with Crippen LogP contribution in [0.4, 0.5) is 0 Å². The number of carbonyl (C=O) groups is 1. The van der Waals surface area contributed by atoms with Crippen molar-refractivity contribution in [1.82, 2.24) is 14.8 Å². The second kappa shape index (κ2) is 8.05. The van der Waals surface area contributed by atoms with Crippen LogP contribution in [0.25, 0.3) is 17.1 Å². The third-order valence-electron chi connectivity index (χ3n) is 3.88. The first-order valence-corrected chi connectivity index (χ1v) is 8.98. The lowest BCUT2D eigenvalue weighted by molar-refractivity contribution is -0.137. The average Bonchev–Trinajstić information content (AvgIpc) is 3.09. The molecule has 134 valence electrons. The molecule has 3 aromatic rings. The van der Waals surface area contributed by atoms with Crippen LogP contribution in [0.5, 0.6) is 5.75 Å². The number of hydrogen-bond donors (Lipinski definition) is 0. The zero-order valence-electron chi connectivity index (χ0n) is 14.8. The van der Waals surface area contributed by atoms with Crippen molar-refractivity contribution in [3.05, 3.63) is 54.1 Å². The molecule has 0 aliphatic carbocycles. The molecule has 0 aliphatic heterocycles. The largest absolute Gasteiger partial charge is 0.496 e. The Balaban J connectivity index is 2.15. The summed E-state index contributed by atoms with van der Waals surface area (Å²) in [5.41, 5.74) is 2.85. The van der Waals surface area contributed by atoms with E-state index in [9.17, 15) is 4.79 Å². The second-order valence-corrected chi connectivity index (χ2v) is 6.44. The molecule has 1 aromatic heterocycles. The number of aromatic nitrogens is 3. The monoisotopic (exact) mass is 369 g/mol. The highest BCUT2D eigenvalue weighted by Crippen LogP contribution is 2.33. The number of benzene rings is 2. The molecule has 3 rings (SSSR count). The van der Waals surface area contributed by atoms with Crippen molar-refractivity contribution in [3.8, 4) is 22.8 Å². The van der Waals surface area contributed by atoms with Gasteiger partial charge in [0.1, 0.15) is 5.75 Å². The van der Waals surface area contributed by atoms with Gasteiger partial charge in [-0.3, -0.25) is 9.36 Å². The van der Waals surface area contributed by atoms with Crippen molar-refractivity contribution >= 4 is 17.7 Å². The van der Waals surface area contributed by atoms with Crippen LogP contribution in [-0.2, 0) is 9.53 Å². The number of methoxy groups -OCH3 is 2. The third-order valence-corrected chi connectivity index (χ3v) is 4.79. The minimum atomic E-state index is -0.312. The molecule has 0 atom stereocenters. The maximum Gasteiger partial charge on any atom is 0.316 e. The zero-order valence-corrected chi connectivity index (χ0v) is 15.6. The fourth-order valence-electron chi connectivity index (χ4n) is 2.58. The molecular weight excluding hydrogens is 350 g/mol. The number of rotatable bonds is 6. The highest BCUT2D eigenvalue weighted by atomic mass is 32.2. The fourth-order valence-corrected chi connectivity index (χ4v) is 3.36. The van der Waals surface area contributed by atoms with Crippen molar-refractivity contribution < 1.29 is 14.3 Å². The van der Waals surface area contributed by atoms with Gasteiger partial charge in [0.05, 0.1) is 31.2 Å². The maximum atomic E-state index is 11.6. The van der Waals surface area contributed by atoms with E-state index in [2.05, 4.69) is 10.2 Å². The topological polar surface area (TPSA) is 66.2 Å². The minimum Gasteiger partial charge on any atom is -0.496 e. The van der Waals surface area contributed by atoms with Crippen LogP contribution in [0.1, 0.15) is 5.56 Å². The summed E-state index contributed by atoms with van der Waals surface area (Å²) < 4.78 is 12.2. The minimum absolute atomic E-state index is 0.159. The van der Waals surface area contributed by atoms with Crippen LogP contribution in [0, 0.1) is 6.92 Å². The van der Waals surface area contributed by atoms with Crippen LogP contribution in [0.15, 0.2) is 53.7 Å². The molecule has 0 aliphatic rings. The lowest BCUT2D eigenvalue weighted by Gasteiger charge is -2.14. The van der Waals surface area contributed by atoms with Crippen molar-refractivity contribution in [2.75, 3.05) is 20.0 Å². The maximum absolute atomic E-state index is 11.6. The van der Waals surface area contributed by atoms with Crippen LogP contribution >= 0.6 is 11.8 Å². The first-order chi connectivity index (χ1) is 12.7. The van der Waals surface area contributed by atoms with E-state index in [1.807, 2.05) is 60.0 Å². The summed E-state index contributed by atoms with van der Waals surface area (Å²) in [4.78, 5) is 11.6. The summed E-state index contributed by atoms with van der Waals surface area (Å²) in [6, 6.07) is 15.6. The molecule has 6 nitrogen and oxygen atoms in total. The summed E-state index contributed by atoms with van der Waals surface area (Å²) >= 11 is 1.29. The summed E-state index contributed by atoms with van der Waals surface area (Å²) in [6.45, 7) is 2.02. The number of ether oxygens (including phenoxy) is 2. The smallest absolute Gasteiger partial charge is 0.316 e. The van der Waals surface area contributed by atoms with Crippen molar-refractivity contribution in [3.63, 3.8) is 0 Å². The molecule has 1 heterocycles. The summed E-state index contributed by atoms with van der Waals surface area (Å²) in [7, 11) is 3.00. The van der Waals surface area contributed by atoms with Gasteiger partial charge < -0.3 is 9.47 Å². The van der Waals surface area contributed by atoms with Gasteiger partial charge in [0.15, 0.2) is 11.0 Å². The molecule has 2 aromatic carbocycles. The average molecular weight is 369 g/mol. The van der Waals surface area contributed by atoms with Gasteiger partial charge in [-0.2, -0.15) is 0 Å². The van der Waals surface area contributed by atoms with Gasteiger partial charge >= 0.3 is 5.97 Å². The number of carbonyl (C=O) groups excluding carboxylic acids is 1. The Labute approximate surface area is 156 Å². The highest BCUT2D eigenvalue weighted by Gasteiger charge is 2.20. The number of para-hydroxylation sites is 2.